The molecule has 0 atom stereocenters. The van der Waals surface area contributed by atoms with Crippen LogP contribution in [0.15, 0.2) is 23.2 Å². The van der Waals surface area contributed by atoms with Gasteiger partial charge in [-0.1, -0.05) is 19.9 Å². The van der Waals surface area contributed by atoms with Crippen LogP contribution in [0.5, 0.6) is 0 Å². The Morgan fingerprint density at radius 2 is 2.00 bits per heavy atom. The molecule has 3 N–H and O–H groups in total. The lowest BCUT2D eigenvalue weighted by molar-refractivity contribution is -0.138. The second kappa shape index (κ2) is 6.58. The average Bonchev–Trinajstić information content (AvgIpc) is 2.33. The molecule has 0 radical (unpaired) electrons. The summed E-state index contributed by atoms with van der Waals surface area (Å²) >= 11 is 0. The Bertz CT molecular complexity index is 481. The summed E-state index contributed by atoms with van der Waals surface area (Å²) in [5, 5.41) is 2.79. The normalized spacial score (nSPS) is 12.8. The first-order chi connectivity index (χ1) is 9.20. The number of nitrogens with zero attached hydrogens (tertiary/aromatic N) is 1. The Balaban J connectivity index is 2.85. The molecule has 0 aliphatic rings. The van der Waals surface area contributed by atoms with Crippen LogP contribution in [0.2, 0.25) is 0 Å². The van der Waals surface area contributed by atoms with Gasteiger partial charge in [-0.15, -0.1) is 0 Å². The zero-order valence-corrected chi connectivity index (χ0v) is 11.3. The lowest BCUT2D eigenvalue weighted by Crippen LogP contribution is -2.34. The van der Waals surface area contributed by atoms with Gasteiger partial charge in [0.15, 0.2) is 5.96 Å². The van der Waals surface area contributed by atoms with Gasteiger partial charge in [0.25, 0.3) is 0 Å². The van der Waals surface area contributed by atoms with E-state index in [0.29, 0.717) is 18.5 Å². The van der Waals surface area contributed by atoms with Crippen LogP contribution in [0.25, 0.3) is 0 Å². The smallest absolute Gasteiger partial charge is 0.370 e. The number of alkyl halides is 3. The van der Waals surface area contributed by atoms with Gasteiger partial charge >= 0.3 is 6.18 Å². The van der Waals surface area contributed by atoms with Gasteiger partial charge in [-0.25, -0.2) is 9.38 Å². The molecule has 1 aromatic rings. The summed E-state index contributed by atoms with van der Waals surface area (Å²) in [5.41, 5.74) is 4.40. The number of benzene rings is 1. The highest BCUT2D eigenvalue weighted by Gasteiger charge is 2.33. The lowest BCUT2D eigenvalue weighted by Gasteiger charge is -2.12. The van der Waals surface area contributed by atoms with Crippen molar-refractivity contribution in [2.45, 2.75) is 26.6 Å². The van der Waals surface area contributed by atoms with Crippen LogP contribution in [0.3, 0.4) is 0 Å². The summed E-state index contributed by atoms with van der Waals surface area (Å²) < 4.78 is 51.1. The second-order valence-electron chi connectivity index (χ2n) is 4.78. The van der Waals surface area contributed by atoms with E-state index in [-0.39, 0.29) is 18.1 Å². The van der Waals surface area contributed by atoms with Crippen molar-refractivity contribution in [1.29, 1.82) is 0 Å². The molecule has 7 heteroatoms. The van der Waals surface area contributed by atoms with Crippen molar-refractivity contribution >= 4 is 5.96 Å². The molecule has 1 rings (SSSR count). The fourth-order valence-corrected chi connectivity index (χ4v) is 1.49. The Hall–Kier alpha value is -1.79. The SMILES string of the molecule is CC(C)CNC(N)=NCc1ccc(F)cc1C(F)(F)F. The average molecular weight is 291 g/mol. The molecule has 0 aliphatic heterocycles. The van der Waals surface area contributed by atoms with Gasteiger partial charge < -0.3 is 11.1 Å². The second-order valence-corrected chi connectivity index (χ2v) is 4.78. The van der Waals surface area contributed by atoms with E-state index in [1.807, 2.05) is 13.8 Å². The molecule has 0 saturated carbocycles. The summed E-state index contributed by atoms with van der Waals surface area (Å²) in [6.07, 6.45) is -4.62. The first kappa shape index (κ1) is 16.3. The minimum absolute atomic E-state index is 0.0659. The Morgan fingerprint density at radius 1 is 1.35 bits per heavy atom. The van der Waals surface area contributed by atoms with Crippen molar-refractivity contribution in [3.63, 3.8) is 0 Å². The van der Waals surface area contributed by atoms with Crippen molar-refractivity contribution in [3.8, 4) is 0 Å². The summed E-state index contributed by atoms with van der Waals surface area (Å²) in [4.78, 5) is 3.83. The number of aliphatic imine (C=N–C) groups is 1. The molecule has 20 heavy (non-hydrogen) atoms. The van der Waals surface area contributed by atoms with Gasteiger partial charge in [-0.3, -0.25) is 0 Å². The van der Waals surface area contributed by atoms with E-state index < -0.39 is 17.6 Å². The lowest BCUT2D eigenvalue weighted by atomic mass is 10.1. The van der Waals surface area contributed by atoms with Gasteiger partial charge in [0.2, 0.25) is 0 Å². The number of guanidine groups is 1. The minimum atomic E-state index is -4.62. The molecule has 0 aliphatic carbocycles. The molecule has 0 saturated heterocycles. The number of hydrogen-bond acceptors (Lipinski definition) is 1. The third-order valence-corrected chi connectivity index (χ3v) is 2.49. The minimum Gasteiger partial charge on any atom is -0.370 e. The quantitative estimate of drug-likeness (QED) is 0.509. The highest BCUT2D eigenvalue weighted by Crippen LogP contribution is 2.32. The Kier molecular flexibility index (Phi) is 5.35. The van der Waals surface area contributed by atoms with Crippen molar-refractivity contribution in [2.24, 2.45) is 16.6 Å². The number of nitrogens with two attached hydrogens (primary N) is 1. The van der Waals surface area contributed by atoms with E-state index >= 15 is 0 Å². The highest BCUT2D eigenvalue weighted by molar-refractivity contribution is 5.77. The molecule has 1 aromatic carbocycles. The van der Waals surface area contributed by atoms with Crippen LogP contribution >= 0.6 is 0 Å². The van der Waals surface area contributed by atoms with E-state index in [1.165, 1.54) is 0 Å². The van der Waals surface area contributed by atoms with E-state index in [2.05, 4.69) is 10.3 Å². The van der Waals surface area contributed by atoms with Gasteiger partial charge in [0, 0.05) is 6.54 Å². The first-order valence-corrected chi connectivity index (χ1v) is 6.09. The molecule has 0 unspecified atom stereocenters. The molecule has 0 bridgehead atoms. The maximum Gasteiger partial charge on any atom is 0.416 e. The Labute approximate surface area is 114 Å². The van der Waals surface area contributed by atoms with E-state index in [0.717, 1.165) is 12.1 Å². The van der Waals surface area contributed by atoms with E-state index in [1.54, 1.807) is 0 Å². The number of hydrogen-bond donors (Lipinski definition) is 2. The summed E-state index contributed by atoms with van der Waals surface area (Å²) in [7, 11) is 0. The third-order valence-electron chi connectivity index (χ3n) is 2.49. The molecule has 0 heterocycles. The topological polar surface area (TPSA) is 50.4 Å². The predicted octanol–water partition coefficient (Wildman–Crippen LogP) is 2.90. The zero-order valence-electron chi connectivity index (χ0n) is 11.3. The van der Waals surface area contributed by atoms with Crippen LogP contribution < -0.4 is 11.1 Å². The predicted molar refractivity (Wildman–Crippen MR) is 69.6 cm³/mol. The van der Waals surface area contributed by atoms with Crippen molar-refractivity contribution in [1.82, 2.24) is 5.32 Å². The summed E-state index contributed by atoms with van der Waals surface area (Å²) in [6, 6.07) is 2.50. The third kappa shape index (κ3) is 5.07. The number of rotatable bonds is 4. The Morgan fingerprint density at radius 3 is 2.55 bits per heavy atom. The molecule has 3 nitrogen and oxygen atoms in total. The molecule has 112 valence electrons. The molecule has 0 spiro atoms. The van der Waals surface area contributed by atoms with Crippen LogP contribution in [0.4, 0.5) is 17.6 Å². The van der Waals surface area contributed by atoms with E-state index in [9.17, 15) is 17.6 Å². The maximum absolute atomic E-state index is 12.9. The molecule has 0 fully saturated rings. The standard InChI is InChI=1S/C13H17F4N3/c1-8(2)6-19-12(18)20-7-9-3-4-10(14)5-11(9)13(15,16)17/h3-5,8H,6-7H2,1-2H3,(H3,18,19,20). The zero-order chi connectivity index (χ0) is 15.3. The van der Waals surface area contributed by atoms with Crippen LogP contribution in [-0.2, 0) is 12.7 Å². The molecule has 0 aromatic heterocycles. The van der Waals surface area contributed by atoms with Crippen LogP contribution in [0.1, 0.15) is 25.0 Å². The van der Waals surface area contributed by atoms with Gasteiger partial charge in [-0.05, 0) is 23.6 Å². The van der Waals surface area contributed by atoms with E-state index in [4.69, 9.17) is 5.73 Å². The van der Waals surface area contributed by atoms with Crippen molar-refractivity contribution in [2.75, 3.05) is 6.54 Å². The highest BCUT2D eigenvalue weighted by atomic mass is 19.4. The fraction of sp³-hybridized carbons (Fsp3) is 0.462. The van der Waals surface area contributed by atoms with Crippen LogP contribution in [-0.4, -0.2) is 12.5 Å². The van der Waals surface area contributed by atoms with Gasteiger partial charge in [0.05, 0.1) is 12.1 Å². The van der Waals surface area contributed by atoms with Crippen molar-refractivity contribution in [3.05, 3.63) is 35.1 Å². The monoisotopic (exact) mass is 291 g/mol. The molecular formula is C13H17F4N3. The van der Waals surface area contributed by atoms with Gasteiger partial charge in [-0.2, -0.15) is 13.2 Å². The fourth-order valence-electron chi connectivity index (χ4n) is 1.49. The van der Waals surface area contributed by atoms with Gasteiger partial charge in [0.1, 0.15) is 5.82 Å². The number of halogens is 4. The summed E-state index contributed by atoms with van der Waals surface area (Å²) in [6.45, 7) is 4.24. The molecular weight excluding hydrogens is 274 g/mol. The largest absolute Gasteiger partial charge is 0.416 e. The maximum atomic E-state index is 12.9. The number of nitrogens with one attached hydrogen (secondary N) is 1. The van der Waals surface area contributed by atoms with Crippen LogP contribution in [0, 0.1) is 11.7 Å². The van der Waals surface area contributed by atoms with Crippen molar-refractivity contribution < 1.29 is 17.6 Å². The molecule has 0 amide bonds. The summed E-state index contributed by atoms with van der Waals surface area (Å²) in [5.74, 6) is -0.535. The first-order valence-electron chi connectivity index (χ1n) is 6.09.